The number of likely N-dealkylation sites (N-methyl/N-ethyl adjacent to an activating group) is 1. The third-order valence-corrected chi connectivity index (χ3v) is 3.34. The highest BCUT2D eigenvalue weighted by atomic mass is 16.5. The fourth-order valence-electron chi connectivity index (χ4n) is 2.17. The first-order chi connectivity index (χ1) is 10.0. The first-order valence-electron chi connectivity index (χ1n) is 6.64. The van der Waals surface area contributed by atoms with Crippen molar-refractivity contribution < 1.29 is 19.4 Å². The number of rotatable bonds is 6. The van der Waals surface area contributed by atoms with Gasteiger partial charge < -0.3 is 19.6 Å². The number of nitrogens with zero attached hydrogens (tertiary/aromatic N) is 2. The molecule has 6 nitrogen and oxygen atoms in total. The summed E-state index contributed by atoms with van der Waals surface area (Å²) in [4.78, 5) is 25.9. The molecule has 0 radical (unpaired) electrons. The molecule has 0 saturated heterocycles. The van der Waals surface area contributed by atoms with E-state index in [9.17, 15) is 9.59 Å². The Labute approximate surface area is 123 Å². The van der Waals surface area contributed by atoms with Gasteiger partial charge in [-0.15, -0.1) is 6.58 Å². The summed E-state index contributed by atoms with van der Waals surface area (Å²) in [5.74, 6) is -0.309. The van der Waals surface area contributed by atoms with Gasteiger partial charge in [0.1, 0.15) is 5.75 Å². The summed E-state index contributed by atoms with van der Waals surface area (Å²) in [6, 6.07) is 5.48. The zero-order valence-electron chi connectivity index (χ0n) is 11.9. The normalized spacial score (nSPS) is 13.4. The number of carbonyl (C=O) groups excluding carboxylic acids is 1. The number of carboxylic acid groups (broad SMARTS) is 1. The van der Waals surface area contributed by atoms with Crippen molar-refractivity contribution in [3.8, 4) is 5.75 Å². The summed E-state index contributed by atoms with van der Waals surface area (Å²) >= 11 is 0. The van der Waals surface area contributed by atoms with E-state index < -0.39 is 5.97 Å². The van der Waals surface area contributed by atoms with E-state index in [4.69, 9.17) is 9.84 Å². The van der Waals surface area contributed by atoms with E-state index >= 15 is 0 Å². The molecule has 21 heavy (non-hydrogen) atoms. The van der Waals surface area contributed by atoms with Gasteiger partial charge in [-0.05, 0) is 18.2 Å². The van der Waals surface area contributed by atoms with Crippen LogP contribution in [0.1, 0.15) is 6.42 Å². The van der Waals surface area contributed by atoms with E-state index in [2.05, 4.69) is 6.58 Å². The van der Waals surface area contributed by atoms with Crippen LogP contribution >= 0.6 is 0 Å². The number of ether oxygens (including phenoxy) is 1. The molecule has 0 unspecified atom stereocenters. The fourth-order valence-corrected chi connectivity index (χ4v) is 2.17. The third-order valence-electron chi connectivity index (χ3n) is 3.34. The zero-order chi connectivity index (χ0) is 15.4. The van der Waals surface area contributed by atoms with Gasteiger partial charge in [-0.3, -0.25) is 9.59 Å². The molecule has 1 N–H and O–H groups in total. The summed E-state index contributed by atoms with van der Waals surface area (Å²) < 4.78 is 5.38. The predicted octanol–water partition coefficient (Wildman–Crippen LogP) is 1.51. The lowest BCUT2D eigenvalue weighted by Crippen LogP contribution is -2.35. The van der Waals surface area contributed by atoms with Gasteiger partial charge in [-0.25, -0.2) is 0 Å². The maximum atomic E-state index is 11.7. The van der Waals surface area contributed by atoms with Crippen LogP contribution in [0.5, 0.6) is 5.75 Å². The molecule has 1 aliphatic heterocycles. The topological polar surface area (TPSA) is 70.1 Å². The Bertz CT molecular complexity index is 571. The Hall–Kier alpha value is -2.50. The summed E-state index contributed by atoms with van der Waals surface area (Å²) in [6.07, 6.45) is 1.75. The zero-order valence-corrected chi connectivity index (χ0v) is 11.9. The van der Waals surface area contributed by atoms with Crippen molar-refractivity contribution in [2.24, 2.45) is 0 Å². The maximum Gasteiger partial charge on any atom is 0.305 e. The second-order valence-electron chi connectivity index (χ2n) is 4.77. The quantitative estimate of drug-likeness (QED) is 0.804. The van der Waals surface area contributed by atoms with Gasteiger partial charge in [0.05, 0.1) is 12.1 Å². The molecule has 0 aromatic heterocycles. The Balaban J connectivity index is 2.27. The summed E-state index contributed by atoms with van der Waals surface area (Å²) in [6.45, 7) is 4.64. The minimum Gasteiger partial charge on any atom is -0.482 e. The lowest BCUT2D eigenvalue weighted by Gasteiger charge is -2.29. The number of anilines is 2. The smallest absolute Gasteiger partial charge is 0.305 e. The number of carboxylic acids is 1. The van der Waals surface area contributed by atoms with Gasteiger partial charge >= 0.3 is 5.97 Å². The van der Waals surface area contributed by atoms with Crippen LogP contribution in [-0.4, -0.2) is 43.7 Å². The van der Waals surface area contributed by atoms with Gasteiger partial charge in [0.2, 0.25) is 0 Å². The van der Waals surface area contributed by atoms with E-state index in [1.807, 2.05) is 17.0 Å². The first kappa shape index (κ1) is 14.9. The van der Waals surface area contributed by atoms with E-state index in [1.165, 1.54) is 0 Å². The van der Waals surface area contributed by atoms with Crippen molar-refractivity contribution in [1.29, 1.82) is 0 Å². The van der Waals surface area contributed by atoms with E-state index in [1.54, 1.807) is 24.1 Å². The molecule has 1 heterocycles. The van der Waals surface area contributed by atoms with Crippen molar-refractivity contribution in [3.63, 3.8) is 0 Å². The van der Waals surface area contributed by atoms with Gasteiger partial charge in [-0.1, -0.05) is 6.08 Å². The predicted molar refractivity (Wildman–Crippen MR) is 80.0 cm³/mol. The second-order valence-corrected chi connectivity index (χ2v) is 4.77. The minimum absolute atomic E-state index is 0.0379. The van der Waals surface area contributed by atoms with Crippen molar-refractivity contribution in [2.45, 2.75) is 6.42 Å². The number of hydrogen-bond donors (Lipinski definition) is 1. The van der Waals surface area contributed by atoms with Gasteiger partial charge in [0.15, 0.2) is 6.61 Å². The van der Waals surface area contributed by atoms with Crippen LogP contribution in [0.4, 0.5) is 11.4 Å². The number of amides is 1. The van der Waals surface area contributed by atoms with Crippen LogP contribution in [0.3, 0.4) is 0 Å². The highest BCUT2D eigenvalue weighted by Gasteiger charge is 2.23. The summed E-state index contributed by atoms with van der Waals surface area (Å²) in [5, 5.41) is 8.82. The number of benzene rings is 1. The molecule has 1 aromatic carbocycles. The standard InChI is InChI=1S/C15H18N2O4/c1-3-7-17(8-6-15(19)20)11-4-5-13-12(9-11)16(2)14(18)10-21-13/h3-5,9H,1,6-8,10H2,2H3,(H,19,20). The van der Waals surface area contributed by atoms with Crippen LogP contribution in [0.2, 0.25) is 0 Å². The molecule has 1 aromatic rings. The molecule has 2 rings (SSSR count). The Kier molecular flexibility index (Phi) is 4.47. The highest BCUT2D eigenvalue weighted by Crippen LogP contribution is 2.34. The fraction of sp³-hybridized carbons (Fsp3) is 0.333. The average molecular weight is 290 g/mol. The molecule has 0 aliphatic carbocycles. The summed E-state index contributed by atoms with van der Waals surface area (Å²) in [5.41, 5.74) is 1.52. The van der Waals surface area contributed by atoms with Crippen LogP contribution in [0.15, 0.2) is 30.9 Å². The molecule has 0 spiro atoms. The molecular formula is C15H18N2O4. The van der Waals surface area contributed by atoms with Crippen LogP contribution < -0.4 is 14.5 Å². The lowest BCUT2D eigenvalue weighted by atomic mass is 10.2. The number of carbonyl (C=O) groups is 2. The monoisotopic (exact) mass is 290 g/mol. The van der Waals surface area contributed by atoms with Gasteiger partial charge in [-0.2, -0.15) is 0 Å². The third kappa shape index (κ3) is 3.34. The Morgan fingerprint density at radius 1 is 1.57 bits per heavy atom. The number of fused-ring (bicyclic) bond motifs is 1. The van der Waals surface area contributed by atoms with Gasteiger partial charge in [0, 0.05) is 25.8 Å². The first-order valence-corrected chi connectivity index (χ1v) is 6.64. The van der Waals surface area contributed by atoms with Crippen LogP contribution in [-0.2, 0) is 9.59 Å². The number of aliphatic carboxylic acids is 1. The Morgan fingerprint density at radius 3 is 3.00 bits per heavy atom. The molecule has 0 saturated carbocycles. The highest BCUT2D eigenvalue weighted by molar-refractivity contribution is 5.97. The van der Waals surface area contributed by atoms with Crippen molar-refractivity contribution in [2.75, 3.05) is 36.5 Å². The minimum atomic E-state index is -0.849. The molecular weight excluding hydrogens is 272 g/mol. The Morgan fingerprint density at radius 2 is 2.33 bits per heavy atom. The van der Waals surface area contributed by atoms with Crippen molar-refractivity contribution in [3.05, 3.63) is 30.9 Å². The maximum absolute atomic E-state index is 11.7. The van der Waals surface area contributed by atoms with E-state index in [0.717, 1.165) is 5.69 Å². The SMILES string of the molecule is C=CCN(CCC(=O)O)c1ccc2c(c1)N(C)C(=O)CO2. The molecule has 0 atom stereocenters. The van der Waals surface area contributed by atoms with Crippen LogP contribution in [0.25, 0.3) is 0 Å². The molecule has 1 amide bonds. The molecule has 6 heteroatoms. The summed E-state index contributed by atoms with van der Waals surface area (Å²) in [7, 11) is 1.70. The van der Waals surface area contributed by atoms with E-state index in [0.29, 0.717) is 24.5 Å². The number of hydrogen-bond acceptors (Lipinski definition) is 4. The van der Waals surface area contributed by atoms with E-state index in [-0.39, 0.29) is 18.9 Å². The second kappa shape index (κ2) is 6.30. The molecule has 1 aliphatic rings. The van der Waals surface area contributed by atoms with Gasteiger partial charge in [0.25, 0.3) is 5.91 Å². The van der Waals surface area contributed by atoms with Crippen molar-refractivity contribution >= 4 is 23.3 Å². The largest absolute Gasteiger partial charge is 0.482 e. The molecule has 0 fully saturated rings. The molecule has 112 valence electrons. The van der Waals surface area contributed by atoms with Crippen molar-refractivity contribution in [1.82, 2.24) is 0 Å². The van der Waals surface area contributed by atoms with Crippen LogP contribution in [0, 0.1) is 0 Å². The average Bonchev–Trinajstić information content (AvgIpc) is 2.47. The lowest BCUT2D eigenvalue weighted by molar-refractivity contribution is -0.136. The molecule has 0 bridgehead atoms.